The number of rotatable bonds is 4. The van der Waals surface area contributed by atoms with Gasteiger partial charge < -0.3 is 25.0 Å². The first-order chi connectivity index (χ1) is 9.49. The van der Waals surface area contributed by atoms with Crippen molar-refractivity contribution < 1.29 is 14.3 Å². The van der Waals surface area contributed by atoms with Gasteiger partial charge in [-0.15, -0.1) is 0 Å². The first-order valence-electron chi connectivity index (χ1n) is 6.56. The number of likely N-dealkylation sites (N-methyl/N-ethyl adjacent to an activating group) is 2. The Bertz CT molecular complexity index is 491. The van der Waals surface area contributed by atoms with E-state index in [1.165, 1.54) is 4.90 Å². The van der Waals surface area contributed by atoms with Gasteiger partial charge in [0.1, 0.15) is 30.8 Å². The van der Waals surface area contributed by atoms with E-state index >= 15 is 0 Å². The summed E-state index contributed by atoms with van der Waals surface area (Å²) in [6.07, 6.45) is 0. The van der Waals surface area contributed by atoms with Crippen LogP contribution in [0.3, 0.4) is 0 Å². The summed E-state index contributed by atoms with van der Waals surface area (Å²) in [5.74, 6) is 1.20. The van der Waals surface area contributed by atoms with Crippen molar-refractivity contribution in [3.63, 3.8) is 0 Å². The van der Waals surface area contributed by atoms with Crippen LogP contribution in [0.4, 0.5) is 5.69 Å². The van der Waals surface area contributed by atoms with Gasteiger partial charge in [-0.3, -0.25) is 4.79 Å². The minimum atomic E-state index is -0.634. The molecule has 0 bridgehead atoms. The van der Waals surface area contributed by atoms with E-state index in [4.69, 9.17) is 15.2 Å². The van der Waals surface area contributed by atoms with Crippen molar-refractivity contribution in [3.8, 4) is 11.5 Å². The molecule has 0 saturated heterocycles. The van der Waals surface area contributed by atoms with Gasteiger partial charge in [-0.2, -0.15) is 0 Å². The van der Waals surface area contributed by atoms with Crippen molar-refractivity contribution >= 4 is 11.6 Å². The lowest BCUT2D eigenvalue weighted by Crippen LogP contribution is -2.43. The first kappa shape index (κ1) is 14.6. The number of nitrogens with two attached hydrogens (primary N) is 1. The molecule has 0 unspecified atom stereocenters. The summed E-state index contributed by atoms with van der Waals surface area (Å²) in [4.78, 5) is 15.6. The third kappa shape index (κ3) is 3.20. The fourth-order valence-corrected chi connectivity index (χ4v) is 1.94. The van der Waals surface area contributed by atoms with Gasteiger partial charge in [0.15, 0.2) is 0 Å². The molecule has 1 atom stereocenters. The average Bonchev–Trinajstić information content (AvgIpc) is 2.52. The largest absolute Gasteiger partial charge is 0.492 e. The molecule has 1 amide bonds. The molecule has 1 aliphatic heterocycles. The third-order valence-corrected chi connectivity index (χ3v) is 3.17. The predicted molar refractivity (Wildman–Crippen MR) is 77.4 cm³/mol. The van der Waals surface area contributed by atoms with Gasteiger partial charge in [-0.05, 0) is 26.2 Å². The maximum absolute atomic E-state index is 12.0. The molecule has 110 valence electrons. The Morgan fingerprint density at radius 3 is 2.95 bits per heavy atom. The van der Waals surface area contributed by atoms with Crippen molar-refractivity contribution in [3.05, 3.63) is 18.2 Å². The van der Waals surface area contributed by atoms with Crippen LogP contribution < -0.4 is 20.1 Å². The lowest BCUT2D eigenvalue weighted by Gasteiger charge is -2.19. The highest BCUT2D eigenvalue weighted by Gasteiger charge is 2.26. The van der Waals surface area contributed by atoms with Crippen LogP contribution >= 0.6 is 0 Å². The second-order valence-corrected chi connectivity index (χ2v) is 5.10. The molecule has 0 radical (unpaired) electrons. The van der Waals surface area contributed by atoms with Gasteiger partial charge >= 0.3 is 0 Å². The Labute approximate surface area is 119 Å². The maximum atomic E-state index is 12.0. The lowest BCUT2D eigenvalue weighted by molar-refractivity contribution is -0.119. The van der Waals surface area contributed by atoms with Crippen molar-refractivity contribution in [2.45, 2.75) is 6.04 Å². The van der Waals surface area contributed by atoms with Crippen LogP contribution in [0.25, 0.3) is 0 Å². The molecule has 1 aromatic rings. The van der Waals surface area contributed by atoms with Crippen LogP contribution in [-0.2, 0) is 4.79 Å². The van der Waals surface area contributed by atoms with Crippen LogP contribution in [0.5, 0.6) is 11.5 Å². The first-order valence-corrected chi connectivity index (χ1v) is 6.56. The van der Waals surface area contributed by atoms with E-state index in [0.717, 1.165) is 6.54 Å². The van der Waals surface area contributed by atoms with E-state index in [2.05, 4.69) is 0 Å². The molecule has 0 aliphatic carbocycles. The Kier molecular flexibility index (Phi) is 4.46. The number of hydrogen-bond acceptors (Lipinski definition) is 5. The second kappa shape index (κ2) is 6.11. The topological polar surface area (TPSA) is 68.0 Å². The summed E-state index contributed by atoms with van der Waals surface area (Å²) < 4.78 is 11.2. The molecule has 6 heteroatoms. The molecule has 2 N–H and O–H groups in total. The van der Waals surface area contributed by atoms with Crippen LogP contribution in [0.15, 0.2) is 18.2 Å². The monoisotopic (exact) mass is 279 g/mol. The fraction of sp³-hybridized carbons (Fsp3) is 0.500. The second-order valence-electron chi connectivity index (χ2n) is 5.10. The standard InChI is InChI=1S/C14H21N3O3/c1-16(2)6-7-19-10-4-5-13-12(8-10)17(3)14(18)11(15)9-20-13/h4-5,8,11H,6-7,9,15H2,1-3H3/t11-/m0/s1. The minimum Gasteiger partial charge on any atom is -0.492 e. The van der Waals surface area contributed by atoms with E-state index < -0.39 is 6.04 Å². The molecule has 0 fully saturated rings. The van der Waals surface area contributed by atoms with E-state index in [1.807, 2.05) is 31.1 Å². The average molecular weight is 279 g/mol. The summed E-state index contributed by atoms with van der Waals surface area (Å²) in [5.41, 5.74) is 6.43. The summed E-state index contributed by atoms with van der Waals surface area (Å²) >= 11 is 0. The van der Waals surface area contributed by atoms with E-state index in [1.54, 1.807) is 13.1 Å². The molecule has 1 aliphatic rings. The summed E-state index contributed by atoms with van der Waals surface area (Å²) in [5, 5.41) is 0. The van der Waals surface area contributed by atoms with Gasteiger partial charge in [0.2, 0.25) is 5.91 Å². The lowest BCUT2D eigenvalue weighted by atomic mass is 10.2. The number of benzene rings is 1. The zero-order chi connectivity index (χ0) is 14.7. The normalized spacial score (nSPS) is 18.6. The maximum Gasteiger partial charge on any atom is 0.247 e. The number of amides is 1. The Balaban J connectivity index is 2.15. The zero-order valence-corrected chi connectivity index (χ0v) is 12.1. The smallest absolute Gasteiger partial charge is 0.247 e. The predicted octanol–water partition coefficient (Wildman–Crippen LogP) is 0.310. The quantitative estimate of drug-likeness (QED) is 0.859. The third-order valence-electron chi connectivity index (χ3n) is 3.17. The van der Waals surface area contributed by atoms with Crippen LogP contribution in [-0.4, -0.2) is 57.8 Å². The Hall–Kier alpha value is -1.79. The van der Waals surface area contributed by atoms with Crippen molar-refractivity contribution in [2.24, 2.45) is 5.73 Å². The number of carbonyl (C=O) groups is 1. The van der Waals surface area contributed by atoms with Gasteiger partial charge in [-0.1, -0.05) is 0 Å². The van der Waals surface area contributed by atoms with Crippen LogP contribution in [0.1, 0.15) is 0 Å². The van der Waals surface area contributed by atoms with Gasteiger partial charge in [-0.25, -0.2) is 0 Å². The van der Waals surface area contributed by atoms with E-state index in [-0.39, 0.29) is 12.5 Å². The number of fused-ring (bicyclic) bond motifs is 1. The summed E-state index contributed by atoms with van der Waals surface area (Å²) in [6.45, 7) is 1.61. The number of ether oxygens (including phenoxy) is 2. The highest BCUT2D eigenvalue weighted by atomic mass is 16.5. The van der Waals surface area contributed by atoms with Gasteiger partial charge in [0.25, 0.3) is 0 Å². The van der Waals surface area contributed by atoms with E-state index in [9.17, 15) is 4.79 Å². The molecule has 0 aromatic heterocycles. The van der Waals surface area contributed by atoms with Crippen LogP contribution in [0, 0.1) is 0 Å². The number of hydrogen-bond donors (Lipinski definition) is 1. The molecule has 2 rings (SSSR count). The number of nitrogens with zero attached hydrogens (tertiary/aromatic N) is 2. The molecular weight excluding hydrogens is 258 g/mol. The molecule has 0 saturated carbocycles. The molecule has 6 nitrogen and oxygen atoms in total. The fourth-order valence-electron chi connectivity index (χ4n) is 1.94. The number of anilines is 1. The molecule has 20 heavy (non-hydrogen) atoms. The van der Waals surface area contributed by atoms with Crippen molar-refractivity contribution in [1.29, 1.82) is 0 Å². The summed E-state index contributed by atoms with van der Waals surface area (Å²) in [7, 11) is 5.67. The van der Waals surface area contributed by atoms with Crippen molar-refractivity contribution in [1.82, 2.24) is 4.90 Å². The van der Waals surface area contributed by atoms with Gasteiger partial charge in [0.05, 0.1) is 5.69 Å². The molecular formula is C14H21N3O3. The number of carbonyl (C=O) groups excluding carboxylic acids is 1. The molecule has 1 heterocycles. The molecule has 1 aromatic carbocycles. The van der Waals surface area contributed by atoms with Gasteiger partial charge in [0, 0.05) is 19.7 Å². The summed E-state index contributed by atoms with van der Waals surface area (Å²) in [6, 6.07) is 4.82. The van der Waals surface area contributed by atoms with Crippen molar-refractivity contribution in [2.75, 3.05) is 45.8 Å². The SMILES string of the molecule is CN(C)CCOc1ccc2c(c1)N(C)C(=O)[C@@H](N)CO2. The zero-order valence-electron chi connectivity index (χ0n) is 12.1. The molecule has 0 spiro atoms. The van der Waals surface area contributed by atoms with Crippen LogP contribution in [0.2, 0.25) is 0 Å². The highest BCUT2D eigenvalue weighted by molar-refractivity contribution is 5.98. The Morgan fingerprint density at radius 1 is 1.50 bits per heavy atom. The van der Waals surface area contributed by atoms with E-state index in [0.29, 0.717) is 23.8 Å². The Morgan fingerprint density at radius 2 is 2.25 bits per heavy atom. The minimum absolute atomic E-state index is 0.158. The highest BCUT2D eigenvalue weighted by Crippen LogP contribution is 2.33.